The zero-order chi connectivity index (χ0) is 48.9. The molecule has 0 atom stereocenters. The van der Waals surface area contributed by atoms with Crippen LogP contribution in [-0.2, 0) is 10.8 Å². The number of aromatic nitrogens is 2. The molecule has 2 nitrogen and oxygen atoms in total. The largest absolute Gasteiger partial charge is 0.244 e. The van der Waals surface area contributed by atoms with Gasteiger partial charge in [-0.2, -0.15) is 0 Å². The lowest BCUT2D eigenvalue weighted by Crippen LogP contribution is -2.25. The fourth-order valence-corrected chi connectivity index (χ4v) is 14.0. The van der Waals surface area contributed by atoms with Crippen LogP contribution in [0.2, 0.25) is 0 Å². The fourth-order valence-electron chi connectivity index (χ4n) is 14.0. The normalized spacial score (nSPS) is 14.0. The van der Waals surface area contributed by atoms with E-state index in [2.05, 4.69) is 257 Å². The highest BCUT2D eigenvalue weighted by atomic mass is 14.8. The minimum atomic E-state index is -0.390. The molecule has 0 amide bonds. The third kappa shape index (κ3) is 5.34. The van der Waals surface area contributed by atoms with Gasteiger partial charge in [-0.1, -0.05) is 231 Å². The second kappa shape index (κ2) is 15.1. The Hall–Kier alpha value is -9.24. The number of hydrogen-bond donors (Lipinski definition) is 0. The van der Waals surface area contributed by atoms with Crippen molar-refractivity contribution in [2.45, 2.75) is 24.7 Å². The zero-order valence-electron chi connectivity index (χ0n) is 41.0. The molecule has 11 aromatic carbocycles. The van der Waals surface area contributed by atoms with E-state index in [0.29, 0.717) is 0 Å². The number of nitrogens with zero attached hydrogens (tertiary/aromatic N) is 2. The molecule has 0 saturated heterocycles. The van der Waals surface area contributed by atoms with Gasteiger partial charge in [0, 0.05) is 11.1 Å². The van der Waals surface area contributed by atoms with Crippen LogP contribution in [0.5, 0.6) is 0 Å². The Bertz CT molecular complexity index is 3980. The fraction of sp³-hybridized carbons (Fsp3) is 0.0556. The molecule has 344 valence electrons. The number of fused-ring (bicyclic) bond motifs is 21. The number of aryl methyl sites for hydroxylation is 2. The highest BCUT2D eigenvalue weighted by molar-refractivity contribution is 5.98. The minimum Gasteiger partial charge on any atom is -0.244 e. The third-order valence-electron chi connectivity index (χ3n) is 17.2. The molecule has 0 aliphatic heterocycles. The Morgan fingerprint density at radius 1 is 0.230 bits per heavy atom. The maximum absolute atomic E-state index is 5.50. The van der Waals surface area contributed by atoms with E-state index in [-0.39, 0.29) is 10.8 Å². The summed E-state index contributed by atoms with van der Waals surface area (Å²) in [6.07, 6.45) is 0. The highest BCUT2D eigenvalue weighted by Crippen LogP contribution is 2.65. The molecule has 4 aliphatic rings. The van der Waals surface area contributed by atoms with Gasteiger partial charge in [0.25, 0.3) is 0 Å². The summed E-state index contributed by atoms with van der Waals surface area (Å²) >= 11 is 0. The molecule has 0 radical (unpaired) electrons. The van der Waals surface area contributed by atoms with Crippen molar-refractivity contribution >= 4 is 11.0 Å². The predicted octanol–water partition coefficient (Wildman–Crippen LogP) is 17.6. The van der Waals surface area contributed by atoms with Gasteiger partial charge in [-0.15, -0.1) is 0 Å². The quantitative estimate of drug-likeness (QED) is 0.176. The van der Waals surface area contributed by atoms with Crippen molar-refractivity contribution in [2.24, 2.45) is 0 Å². The van der Waals surface area contributed by atoms with Crippen molar-refractivity contribution in [1.82, 2.24) is 9.97 Å². The molecule has 1 aromatic heterocycles. The summed E-state index contributed by atoms with van der Waals surface area (Å²) in [4.78, 5) is 11.0. The molecule has 16 rings (SSSR count). The van der Waals surface area contributed by atoms with E-state index in [0.717, 1.165) is 55.8 Å². The molecule has 0 bridgehead atoms. The van der Waals surface area contributed by atoms with Gasteiger partial charge in [0.05, 0.1) is 33.3 Å². The molecule has 0 unspecified atom stereocenters. The van der Waals surface area contributed by atoms with Crippen LogP contribution in [0.4, 0.5) is 0 Å². The Morgan fingerprint density at radius 2 is 0.473 bits per heavy atom. The Balaban J connectivity index is 0.799. The van der Waals surface area contributed by atoms with Crippen molar-refractivity contribution in [1.29, 1.82) is 0 Å². The van der Waals surface area contributed by atoms with E-state index in [9.17, 15) is 0 Å². The topological polar surface area (TPSA) is 25.8 Å². The van der Waals surface area contributed by atoms with E-state index in [4.69, 9.17) is 9.97 Å². The molecule has 2 spiro atoms. The summed E-state index contributed by atoms with van der Waals surface area (Å²) < 4.78 is 0. The van der Waals surface area contributed by atoms with E-state index in [1.165, 1.54) is 100 Å². The monoisotopic (exact) mass is 938 g/mol. The molecule has 0 fully saturated rings. The number of rotatable bonds is 4. The molecule has 0 N–H and O–H groups in total. The van der Waals surface area contributed by atoms with Crippen molar-refractivity contribution in [3.05, 3.63) is 298 Å². The van der Waals surface area contributed by atoms with Gasteiger partial charge in [-0.3, -0.25) is 0 Å². The molecule has 1 heterocycles. The zero-order valence-corrected chi connectivity index (χ0v) is 41.0. The second-order valence-corrected chi connectivity index (χ2v) is 20.8. The lowest BCUT2D eigenvalue weighted by Gasteiger charge is -2.30. The van der Waals surface area contributed by atoms with Gasteiger partial charge in [0.1, 0.15) is 0 Å². The van der Waals surface area contributed by atoms with Crippen molar-refractivity contribution < 1.29 is 0 Å². The molecule has 0 saturated carbocycles. The number of benzene rings is 11. The average molecular weight is 939 g/mol. The van der Waals surface area contributed by atoms with Gasteiger partial charge in [-0.25, -0.2) is 9.97 Å². The maximum atomic E-state index is 5.50. The Morgan fingerprint density at radius 3 is 0.770 bits per heavy atom. The maximum Gasteiger partial charge on any atom is 0.0973 e. The molecular weight excluding hydrogens is 893 g/mol. The lowest BCUT2D eigenvalue weighted by atomic mass is 9.70. The van der Waals surface area contributed by atoms with Gasteiger partial charge < -0.3 is 0 Å². The van der Waals surface area contributed by atoms with E-state index >= 15 is 0 Å². The van der Waals surface area contributed by atoms with Crippen molar-refractivity contribution in [3.8, 4) is 89.3 Å². The summed E-state index contributed by atoms with van der Waals surface area (Å²) in [5.41, 5.74) is 33.2. The van der Waals surface area contributed by atoms with Crippen LogP contribution in [0, 0.1) is 13.8 Å². The summed E-state index contributed by atoms with van der Waals surface area (Å²) in [6.45, 7) is 4.28. The van der Waals surface area contributed by atoms with Crippen molar-refractivity contribution in [2.75, 3.05) is 0 Å². The first-order chi connectivity index (χ1) is 36.5. The van der Waals surface area contributed by atoms with Crippen LogP contribution < -0.4 is 0 Å². The minimum absolute atomic E-state index is 0.390. The van der Waals surface area contributed by atoms with Gasteiger partial charge in [0.2, 0.25) is 0 Å². The summed E-state index contributed by atoms with van der Waals surface area (Å²) in [5.74, 6) is 0. The molecular formula is C72H46N2. The third-order valence-corrected chi connectivity index (χ3v) is 17.2. The average Bonchev–Trinajstić information content (AvgIpc) is 4.24. The smallest absolute Gasteiger partial charge is 0.0973 e. The van der Waals surface area contributed by atoms with Crippen LogP contribution in [0.15, 0.2) is 243 Å². The van der Waals surface area contributed by atoms with Crippen LogP contribution >= 0.6 is 0 Å². The van der Waals surface area contributed by atoms with Crippen LogP contribution in [0.3, 0.4) is 0 Å². The standard InChI is InChI=1S/C72H46N2/c1-43-27-28-44(2)68-67(43)73-69(47-33-29-45(30-34-47)49-37-39-57-55-19-7-13-25-63(55)71(65(57)41-49)59-21-9-3-15-51(59)52-16-4-10-22-60(52)71)70(74-68)48-35-31-46(32-36-48)50-38-40-58-56-20-8-14-26-64(56)72(66(58)42-50)61-23-11-5-17-53(61)54-18-6-12-24-62(54)72/h3-42H,1-2H3. The van der Waals surface area contributed by atoms with Crippen molar-refractivity contribution in [3.63, 3.8) is 0 Å². The van der Waals surface area contributed by atoms with Crippen LogP contribution in [0.25, 0.3) is 100 Å². The highest BCUT2D eigenvalue weighted by Gasteiger charge is 2.53. The molecule has 12 aromatic rings. The van der Waals surface area contributed by atoms with Crippen LogP contribution in [0.1, 0.15) is 55.6 Å². The van der Waals surface area contributed by atoms with Gasteiger partial charge in [0.15, 0.2) is 0 Å². The molecule has 74 heavy (non-hydrogen) atoms. The van der Waals surface area contributed by atoms with Crippen LogP contribution in [-0.4, -0.2) is 9.97 Å². The first-order valence-corrected chi connectivity index (χ1v) is 25.9. The summed E-state index contributed by atoms with van der Waals surface area (Å²) in [5, 5.41) is 0. The first kappa shape index (κ1) is 41.4. The molecule has 4 aliphatic carbocycles. The van der Waals surface area contributed by atoms with E-state index in [1.807, 2.05) is 0 Å². The second-order valence-electron chi connectivity index (χ2n) is 20.8. The lowest BCUT2D eigenvalue weighted by molar-refractivity contribution is 0.794. The van der Waals surface area contributed by atoms with E-state index < -0.39 is 0 Å². The predicted molar refractivity (Wildman–Crippen MR) is 303 cm³/mol. The first-order valence-electron chi connectivity index (χ1n) is 25.9. The summed E-state index contributed by atoms with van der Waals surface area (Å²) in [7, 11) is 0. The summed E-state index contributed by atoms with van der Waals surface area (Å²) in [6, 6.07) is 90.7. The van der Waals surface area contributed by atoms with Gasteiger partial charge in [-0.05, 0) is 148 Å². The van der Waals surface area contributed by atoms with E-state index in [1.54, 1.807) is 0 Å². The Labute approximate surface area is 431 Å². The Kier molecular flexibility index (Phi) is 8.47. The SMILES string of the molecule is Cc1ccc(C)c2nc(-c3ccc(-c4ccc5c(c4)C4(c6ccccc6-c6ccccc64)c4ccccc4-5)cc3)c(-c3ccc(-c4ccc5c(c4)C4(c6ccccc6-c6ccccc64)c4ccccc4-5)cc3)nc12. The molecule has 2 heteroatoms. The number of hydrogen-bond acceptors (Lipinski definition) is 2. The van der Waals surface area contributed by atoms with Gasteiger partial charge >= 0.3 is 0 Å².